The van der Waals surface area contributed by atoms with Crippen molar-refractivity contribution in [2.75, 3.05) is 32.8 Å². The Hall–Kier alpha value is -3.28. The van der Waals surface area contributed by atoms with Gasteiger partial charge in [-0.2, -0.15) is 26.3 Å². The molecular weight excluding hydrogens is 523 g/mol. The molecule has 38 heavy (non-hydrogen) atoms. The van der Waals surface area contributed by atoms with Crippen molar-refractivity contribution in [3.05, 3.63) is 58.4 Å². The fourth-order valence-electron chi connectivity index (χ4n) is 4.39. The van der Waals surface area contributed by atoms with E-state index in [1.807, 2.05) is 0 Å². The minimum Gasteiger partial charge on any atom is -0.489 e. The molecule has 2 aliphatic rings. The van der Waals surface area contributed by atoms with Crippen LogP contribution in [0.3, 0.4) is 0 Å². The number of rotatable bonds is 8. The Morgan fingerprint density at radius 1 is 1.08 bits per heavy atom. The second-order valence-electron chi connectivity index (χ2n) is 9.20. The highest BCUT2D eigenvalue weighted by molar-refractivity contribution is 5.64. The van der Waals surface area contributed by atoms with Crippen LogP contribution in [0.5, 0.6) is 17.2 Å². The van der Waals surface area contributed by atoms with Gasteiger partial charge in [-0.1, -0.05) is 6.07 Å². The SMILES string of the molecule is O=C[C@H]1CCCN(CC2=Cc3c(F)cc(OCc4ccc(OCC(F)(F)F)c(C(F)(F)F)c4)cc3OC2)C1. The van der Waals surface area contributed by atoms with Crippen molar-refractivity contribution >= 4 is 12.4 Å². The summed E-state index contributed by atoms with van der Waals surface area (Å²) >= 11 is 0. The van der Waals surface area contributed by atoms with Gasteiger partial charge in [0.1, 0.15) is 42.6 Å². The molecule has 0 amide bonds. The molecule has 1 saturated heterocycles. The molecule has 0 radical (unpaired) electrons. The van der Waals surface area contributed by atoms with Gasteiger partial charge in [-0.05, 0) is 48.7 Å². The van der Waals surface area contributed by atoms with Crippen LogP contribution in [0, 0.1) is 11.7 Å². The molecule has 0 aromatic heterocycles. The fourth-order valence-corrected chi connectivity index (χ4v) is 4.39. The Bertz CT molecular complexity index is 1190. The van der Waals surface area contributed by atoms with Crippen LogP contribution in [-0.4, -0.2) is 50.2 Å². The summed E-state index contributed by atoms with van der Waals surface area (Å²) in [5, 5.41) is 0. The summed E-state index contributed by atoms with van der Waals surface area (Å²) in [6.45, 7) is -0.0789. The van der Waals surface area contributed by atoms with Crippen LogP contribution >= 0.6 is 0 Å². The van der Waals surface area contributed by atoms with Crippen LogP contribution in [-0.2, 0) is 17.6 Å². The Labute approximate surface area is 213 Å². The maximum absolute atomic E-state index is 14.9. The van der Waals surface area contributed by atoms with E-state index in [4.69, 9.17) is 9.47 Å². The molecule has 5 nitrogen and oxygen atoms in total. The predicted octanol–water partition coefficient (Wildman–Crippen LogP) is 6.05. The van der Waals surface area contributed by atoms with Crippen LogP contribution in [0.1, 0.15) is 29.5 Å². The molecule has 1 atom stereocenters. The molecule has 4 rings (SSSR count). The predicted molar refractivity (Wildman–Crippen MR) is 122 cm³/mol. The lowest BCUT2D eigenvalue weighted by Crippen LogP contribution is -2.38. The number of benzene rings is 2. The maximum atomic E-state index is 14.9. The second-order valence-corrected chi connectivity index (χ2v) is 9.20. The van der Waals surface area contributed by atoms with Crippen molar-refractivity contribution in [3.8, 4) is 17.2 Å². The van der Waals surface area contributed by atoms with Crippen LogP contribution in [0.4, 0.5) is 30.7 Å². The first-order valence-corrected chi connectivity index (χ1v) is 11.8. The third-order valence-corrected chi connectivity index (χ3v) is 6.13. The molecule has 206 valence electrons. The lowest BCUT2D eigenvalue weighted by Gasteiger charge is -2.31. The molecule has 0 unspecified atom stereocenters. The number of alkyl halides is 6. The summed E-state index contributed by atoms with van der Waals surface area (Å²) in [6.07, 6.45) is -5.38. The lowest BCUT2D eigenvalue weighted by molar-refractivity contribution is -0.158. The van der Waals surface area contributed by atoms with Gasteiger partial charge < -0.3 is 19.0 Å². The lowest BCUT2D eigenvalue weighted by atomic mass is 9.98. The number of carbonyl (C=O) groups is 1. The van der Waals surface area contributed by atoms with Crippen molar-refractivity contribution in [1.29, 1.82) is 0 Å². The third kappa shape index (κ3) is 7.18. The van der Waals surface area contributed by atoms with E-state index in [-0.39, 0.29) is 35.2 Å². The summed E-state index contributed by atoms with van der Waals surface area (Å²) in [7, 11) is 0. The zero-order chi connectivity index (χ0) is 27.5. The molecule has 2 aromatic rings. The number of nitrogens with zero attached hydrogens (tertiary/aromatic N) is 1. The molecule has 0 bridgehead atoms. The van der Waals surface area contributed by atoms with Gasteiger partial charge in [0, 0.05) is 31.1 Å². The number of ether oxygens (including phenoxy) is 3. The number of likely N-dealkylation sites (tertiary alicyclic amines) is 1. The van der Waals surface area contributed by atoms with Crippen LogP contribution in [0.15, 0.2) is 35.9 Å². The topological polar surface area (TPSA) is 48.0 Å². The molecule has 0 aliphatic carbocycles. The first-order valence-electron chi connectivity index (χ1n) is 11.8. The van der Waals surface area contributed by atoms with Crippen molar-refractivity contribution in [2.45, 2.75) is 31.8 Å². The van der Waals surface area contributed by atoms with Gasteiger partial charge in [0.15, 0.2) is 6.61 Å². The highest BCUT2D eigenvalue weighted by Gasteiger charge is 2.36. The molecule has 12 heteroatoms. The number of hydrogen-bond donors (Lipinski definition) is 0. The molecule has 2 heterocycles. The zero-order valence-electron chi connectivity index (χ0n) is 20.0. The zero-order valence-corrected chi connectivity index (χ0v) is 20.0. The van der Waals surface area contributed by atoms with E-state index in [2.05, 4.69) is 9.64 Å². The van der Waals surface area contributed by atoms with E-state index in [9.17, 15) is 35.5 Å². The monoisotopic (exact) mass is 547 g/mol. The van der Waals surface area contributed by atoms with Gasteiger partial charge in [0.05, 0.1) is 11.1 Å². The largest absolute Gasteiger partial charge is 0.489 e. The van der Waals surface area contributed by atoms with Gasteiger partial charge in [0.25, 0.3) is 0 Å². The van der Waals surface area contributed by atoms with Crippen LogP contribution in [0.25, 0.3) is 6.08 Å². The minimum absolute atomic E-state index is 0.00641. The molecule has 0 spiro atoms. The van der Waals surface area contributed by atoms with E-state index >= 15 is 0 Å². The summed E-state index contributed by atoms with van der Waals surface area (Å²) in [4.78, 5) is 13.2. The number of fused-ring (bicyclic) bond motifs is 1. The number of aldehydes is 1. The Kier molecular flexibility index (Phi) is 8.19. The molecular formula is C26H24F7NO4. The van der Waals surface area contributed by atoms with Crippen molar-refractivity contribution in [2.24, 2.45) is 5.92 Å². The molecule has 2 aliphatic heterocycles. The minimum atomic E-state index is -4.96. The van der Waals surface area contributed by atoms with Crippen LogP contribution < -0.4 is 14.2 Å². The number of piperidine rings is 1. The Morgan fingerprint density at radius 2 is 1.87 bits per heavy atom. The van der Waals surface area contributed by atoms with Gasteiger partial charge >= 0.3 is 12.4 Å². The summed E-state index contributed by atoms with van der Waals surface area (Å²) in [6, 6.07) is 5.05. The quantitative estimate of drug-likeness (QED) is 0.298. The number of halogens is 7. The van der Waals surface area contributed by atoms with Gasteiger partial charge in [-0.3, -0.25) is 4.90 Å². The first kappa shape index (κ1) is 27.7. The van der Waals surface area contributed by atoms with E-state index < -0.39 is 42.7 Å². The highest BCUT2D eigenvalue weighted by Crippen LogP contribution is 2.38. The van der Waals surface area contributed by atoms with E-state index in [0.717, 1.165) is 49.4 Å². The van der Waals surface area contributed by atoms with E-state index in [1.54, 1.807) is 6.08 Å². The van der Waals surface area contributed by atoms with Crippen molar-refractivity contribution < 1.29 is 49.7 Å². The first-order chi connectivity index (χ1) is 17.9. The summed E-state index contributed by atoms with van der Waals surface area (Å²) in [5.41, 5.74) is -0.334. The maximum Gasteiger partial charge on any atom is 0.422 e. The van der Waals surface area contributed by atoms with Gasteiger partial charge in [-0.15, -0.1) is 0 Å². The Balaban J connectivity index is 1.44. The number of carbonyl (C=O) groups excluding carboxylic acids is 1. The molecule has 2 aromatic carbocycles. The van der Waals surface area contributed by atoms with Crippen LogP contribution in [0.2, 0.25) is 0 Å². The summed E-state index contributed by atoms with van der Waals surface area (Å²) in [5.74, 6) is -1.41. The molecule has 0 N–H and O–H groups in total. The average molecular weight is 547 g/mol. The van der Waals surface area contributed by atoms with Gasteiger partial charge in [0.2, 0.25) is 0 Å². The van der Waals surface area contributed by atoms with Crippen molar-refractivity contribution in [3.63, 3.8) is 0 Å². The standard InChI is InChI=1S/C26H24F7NO4/c27-22-8-19(9-24-20(22)6-18(14-37-24)11-34-5-1-2-17(10-34)12-35)36-13-16-3-4-23(38-15-25(28,29)30)21(7-16)26(31,32)33/h3-4,6-9,12,17H,1-2,5,10-11,13-15H2/t17-/m0/s1. The fraction of sp³-hybridized carbons (Fsp3) is 0.423. The third-order valence-electron chi connectivity index (χ3n) is 6.13. The second kappa shape index (κ2) is 11.2. The van der Waals surface area contributed by atoms with Gasteiger partial charge in [-0.25, -0.2) is 4.39 Å². The summed E-state index contributed by atoms with van der Waals surface area (Å²) < 4.78 is 108. The average Bonchev–Trinajstić information content (AvgIpc) is 2.86. The van der Waals surface area contributed by atoms with E-state index in [0.29, 0.717) is 19.2 Å². The Morgan fingerprint density at radius 3 is 2.58 bits per heavy atom. The molecule has 0 saturated carbocycles. The highest BCUT2D eigenvalue weighted by atomic mass is 19.4. The molecule has 1 fully saturated rings. The normalized spacial score (nSPS) is 18.3. The number of hydrogen-bond acceptors (Lipinski definition) is 5. The van der Waals surface area contributed by atoms with Crippen molar-refractivity contribution in [1.82, 2.24) is 4.90 Å². The smallest absolute Gasteiger partial charge is 0.422 e. The van der Waals surface area contributed by atoms with E-state index in [1.165, 1.54) is 6.07 Å².